The molecule has 1 N–H and O–H groups in total. The van der Waals surface area contributed by atoms with Crippen molar-refractivity contribution in [2.75, 3.05) is 13.7 Å². The molecule has 0 bridgehead atoms. The Morgan fingerprint density at radius 2 is 1.88 bits per heavy atom. The number of nitrogens with one attached hydrogen (secondary N) is 1. The summed E-state index contributed by atoms with van der Waals surface area (Å²) < 4.78 is 37.8. The lowest BCUT2D eigenvalue weighted by molar-refractivity contribution is 0.415. The number of hydrogen-bond donors (Lipinski definition) is 1. The number of nitrogens with zero attached hydrogens (tertiary/aromatic N) is 2. The highest BCUT2D eigenvalue weighted by atomic mass is 32.2. The van der Waals surface area contributed by atoms with Crippen LogP contribution in [-0.2, 0) is 16.4 Å². The summed E-state index contributed by atoms with van der Waals surface area (Å²) in [5.41, 5.74) is 1.65. The van der Waals surface area contributed by atoms with Crippen LogP contribution in [0.3, 0.4) is 0 Å². The smallest absolute Gasteiger partial charge is 0.247 e. The average molecular weight is 373 g/mol. The van der Waals surface area contributed by atoms with Crippen LogP contribution in [0.4, 0.5) is 0 Å². The lowest BCUT2D eigenvalue weighted by Gasteiger charge is -2.06. The van der Waals surface area contributed by atoms with Gasteiger partial charge in [0.2, 0.25) is 21.8 Å². The van der Waals surface area contributed by atoms with E-state index in [2.05, 4.69) is 14.9 Å². The number of aromatic nitrogens is 2. The van der Waals surface area contributed by atoms with Crippen LogP contribution >= 0.6 is 0 Å². The molecule has 0 atom stereocenters. The van der Waals surface area contributed by atoms with Gasteiger partial charge in [0.15, 0.2) is 0 Å². The van der Waals surface area contributed by atoms with Gasteiger partial charge in [-0.1, -0.05) is 12.1 Å². The van der Waals surface area contributed by atoms with Gasteiger partial charge < -0.3 is 9.15 Å². The molecule has 0 aliphatic heterocycles. The second kappa shape index (κ2) is 7.67. The van der Waals surface area contributed by atoms with Crippen molar-refractivity contribution in [3.63, 3.8) is 0 Å². The van der Waals surface area contributed by atoms with Crippen molar-refractivity contribution in [2.24, 2.45) is 0 Å². The molecule has 26 heavy (non-hydrogen) atoms. The van der Waals surface area contributed by atoms with Crippen LogP contribution in [0.2, 0.25) is 0 Å². The fraction of sp³-hybridized carbons (Fsp3) is 0.222. The summed E-state index contributed by atoms with van der Waals surface area (Å²) in [5.74, 6) is 1.48. The van der Waals surface area contributed by atoms with Gasteiger partial charge in [-0.3, -0.25) is 0 Å². The molecule has 0 aliphatic carbocycles. The summed E-state index contributed by atoms with van der Waals surface area (Å²) in [4.78, 5) is 0.238. The van der Waals surface area contributed by atoms with Crippen molar-refractivity contribution >= 4 is 10.0 Å². The summed E-state index contributed by atoms with van der Waals surface area (Å²) in [7, 11) is -1.96. The van der Waals surface area contributed by atoms with Gasteiger partial charge in [-0.2, -0.15) is 0 Å². The maximum atomic E-state index is 12.3. The zero-order chi connectivity index (χ0) is 18.6. The topological polar surface area (TPSA) is 94.3 Å². The number of sulfonamides is 1. The Labute approximate surface area is 152 Å². The second-order valence-electron chi connectivity index (χ2n) is 5.69. The summed E-state index contributed by atoms with van der Waals surface area (Å²) in [6.07, 6.45) is 0.300. The van der Waals surface area contributed by atoms with E-state index in [1.165, 1.54) is 0 Å². The third-order valence-electron chi connectivity index (χ3n) is 3.73. The predicted molar refractivity (Wildman–Crippen MR) is 96.4 cm³/mol. The third kappa shape index (κ3) is 4.27. The molecular weight excluding hydrogens is 354 g/mol. The monoisotopic (exact) mass is 373 g/mol. The van der Waals surface area contributed by atoms with E-state index in [9.17, 15) is 8.42 Å². The van der Waals surface area contributed by atoms with Gasteiger partial charge in [-0.15, -0.1) is 10.2 Å². The van der Waals surface area contributed by atoms with Crippen LogP contribution < -0.4 is 9.46 Å². The number of aryl methyl sites for hydroxylation is 1. The number of hydrogen-bond acceptors (Lipinski definition) is 6. The van der Waals surface area contributed by atoms with Crippen molar-refractivity contribution < 1.29 is 17.6 Å². The fourth-order valence-corrected chi connectivity index (χ4v) is 3.50. The highest BCUT2D eigenvalue weighted by Gasteiger charge is 2.15. The molecule has 2 aromatic carbocycles. The Bertz CT molecular complexity index is 982. The minimum atomic E-state index is -3.56. The van der Waals surface area contributed by atoms with Gasteiger partial charge in [-0.25, -0.2) is 13.1 Å². The molecule has 7 nitrogen and oxygen atoms in total. The van der Waals surface area contributed by atoms with Gasteiger partial charge in [0.25, 0.3) is 0 Å². The first kappa shape index (κ1) is 18.1. The van der Waals surface area contributed by atoms with Crippen LogP contribution in [-0.4, -0.2) is 32.3 Å². The second-order valence-corrected chi connectivity index (χ2v) is 7.46. The summed E-state index contributed by atoms with van der Waals surface area (Å²) >= 11 is 0. The lowest BCUT2D eigenvalue weighted by atomic mass is 10.2. The Kier molecular flexibility index (Phi) is 5.34. The van der Waals surface area contributed by atoms with E-state index >= 15 is 0 Å². The van der Waals surface area contributed by atoms with E-state index in [-0.39, 0.29) is 11.4 Å². The van der Waals surface area contributed by atoms with Crippen molar-refractivity contribution in [1.82, 2.24) is 14.9 Å². The number of ether oxygens (including phenoxy) is 1. The van der Waals surface area contributed by atoms with Crippen LogP contribution in [0.25, 0.3) is 11.5 Å². The minimum absolute atomic E-state index is 0.167. The number of methoxy groups -OCH3 is 1. The molecule has 3 rings (SSSR count). The first-order valence-corrected chi connectivity index (χ1v) is 9.49. The summed E-state index contributed by atoms with van der Waals surface area (Å²) in [6.45, 7) is 2.01. The van der Waals surface area contributed by atoms with Crippen molar-refractivity contribution in [2.45, 2.75) is 18.2 Å². The molecule has 0 aliphatic rings. The van der Waals surface area contributed by atoms with Crippen LogP contribution in [0, 0.1) is 6.92 Å². The van der Waals surface area contributed by atoms with Gasteiger partial charge in [0, 0.05) is 18.5 Å². The van der Waals surface area contributed by atoms with Crippen LogP contribution in [0.15, 0.2) is 57.8 Å². The van der Waals surface area contributed by atoms with Crippen LogP contribution in [0.5, 0.6) is 5.75 Å². The summed E-state index contributed by atoms with van der Waals surface area (Å²) in [6, 6.07) is 14.0. The Morgan fingerprint density at radius 1 is 1.12 bits per heavy atom. The summed E-state index contributed by atoms with van der Waals surface area (Å²) in [5, 5.41) is 7.95. The van der Waals surface area contributed by atoms with E-state index in [1.807, 2.05) is 25.1 Å². The average Bonchev–Trinajstić information content (AvgIpc) is 3.10. The highest BCUT2D eigenvalue weighted by molar-refractivity contribution is 7.89. The van der Waals surface area contributed by atoms with Crippen LogP contribution in [0.1, 0.15) is 11.5 Å². The largest absolute Gasteiger partial charge is 0.497 e. The highest BCUT2D eigenvalue weighted by Crippen LogP contribution is 2.21. The van der Waals surface area contributed by atoms with E-state index in [0.29, 0.717) is 18.2 Å². The molecule has 0 saturated carbocycles. The first-order chi connectivity index (χ1) is 12.5. The molecule has 3 aromatic rings. The number of benzene rings is 2. The maximum absolute atomic E-state index is 12.3. The van der Waals surface area contributed by atoms with E-state index in [0.717, 1.165) is 16.9 Å². The fourth-order valence-electron chi connectivity index (χ4n) is 2.36. The Morgan fingerprint density at radius 3 is 2.58 bits per heavy atom. The quantitative estimate of drug-likeness (QED) is 0.684. The van der Waals surface area contributed by atoms with E-state index in [1.54, 1.807) is 37.4 Å². The molecule has 1 heterocycles. The Hall–Kier alpha value is -2.71. The standard InChI is InChI=1S/C18H19N3O4S/c1-13-4-3-5-16(12-13)26(22,23)19-11-10-17-20-21-18(25-17)14-6-8-15(24-2)9-7-14/h3-9,12,19H,10-11H2,1-2H3. The molecule has 0 unspecified atom stereocenters. The lowest BCUT2D eigenvalue weighted by Crippen LogP contribution is -2.26. The third-order valence-corrected chi connectivity index (χ3v) is 5.19. The zero-order valence-electron chi connectivity index (χ0n) is 14.5. The van der Waals surface area contributed by atoms with Crippen molar-refractivity contribution in [3.8, 4) is 17.2 Å². The van der Waals surface area contributed by atoms with Crippen molar-refractivity contribution in [3.05, 3.63) is 60.0 Å². The van der Waals surface area contributed by atoms with E-state index in [4.69, 9.17) is 9.15 Å². The van der Waals surface area contributed by atoms with Crippen molar-refractivity contribution in [1.29, 1.82) is 0 Å². The molecule has 0 fully saturated rings. The van der Waals surface area contributed by atoms with Gasteiger partial charge >= 0.3 is 0 Å². The Balaban J connectivity index is 1.61. The molecule has 0 amide bonds. The van der Waals surface area contributed by atoms with Gasteiger partial charge in [0.05, 0.1) is 12.0 Å². The molecule has 0 radical (unpaired) electrons. The molecular formula is C18H19N3O4S. The maximum Gasteiger partial charge on any atom is 0.247 e. The normalized spacial score (nSPS) is 11.5. The SMILES string of the molecule is COc1ccc(-c2nnc(CCNS(=O)(=O)c3cccc(C)c3)o2)cc1. The minimum Gasteiger partial charge on any atom is -0.497 e. The number of rotatable bonds is 7. The molecule has 1 aromatic heterocycles. The molecule has 0 saturated heterocycles. The predicted octanol–water partition coefficient (Wildman–Crippen LogP) is 2.57. The zero-order valence-corrected chi connectivity index (χ0v) is 15.3. The molecule has 8 heteroatoms. The first-order valence-electron chi connectivity index (χ1n) is 8.01. The molecule has 0 spiro atoms. The van der Waals surface area contributed by atoms with Gasteiger partial charge in [0.1, 0.15) is 5.75 Å². The van der Waals surface area contributed by atoms with Gasteiger partial charge in [-0.05, 0) is 48.9 Å². The molecule has 136 valence electrons. The van der Waals surface area contributed by atoms with E-state index < -0.39 is 10.0 Å².